The Hall–Kier alpha value is -0.0800. The van der Waals surface area contributed by atoms with E-state index < -0.39 is 0 Å². The predicted octanol–water partition coefficient (Wildman–Crippen LogP) is 2.89. The highest BCUT2D eigenvalue weighted by Crippen LogP contribution is 2.34. The second kappa shape index (κ2) is 6.19. The summed E-state index contributed by atoms with van der Waals surface area (Å²) in [5.41, 5.74) is 0. The van der Waals surface area contributed by atoms with E-state index in [4.69, 9.17) is 0 Å². The van der Waals surface area contributed by atoms with Gasteiger partial charge in [0, 0.05) is 18.6 Å². The minimum Gasteiger partial charge on any atom is -0.312 e. The minimum atomic E-state index is 0.770. The molecule has 1 aliphatic heterocycles. The van der Waals surface area contributed by atoms with Crippen LogP contribution in [0.15, 0.2) is 0 Å². The molecule has 2 aliphatic rings. The van der Waals surface area contributed by atoms with Gasteiger partial charge in [-0.05, 0) is 51.1 Å². The van der Waals surface area contributed by atoms with Crippen molar-refractivity contribution in [1.29, 1.82) is 0 Å². The maximum Gasteiger partial charge on any atom is 0.0223 e. The summed E-state index contributed by atoms with van der Waals surface area (Å²) in [6.45, 7) is 11.0. The molecule has 1 saturated heterocycles. The molecule has 2 atom stereocenters. The van der Waals surface area contributed by atoms with Gasteiger partial charge in [-0.15, -0.1) is 0 Å². The van der Waals surface area contributed by atoms with Crippen LogP contribution in [0.3, 0.4) is 0 Å². The van der Waals surface area contributed by atoms with Crippen molar-refractivity contribution in [1.82, 2.24) is 10.2 Å². The zero-order valence-corrected chi connectivity index (χ0v) is 11.9. The van der Waals surface area contributed by atoms with Crippen LogP contribution in [-0.2, 0) is 0 Å². The summed E-state index contributed by atoms with van der Waals surface area (Å²) in [7, 11) is 0. The van der Waals surface area contributed by atoms with E-state index in [9.17, 15) is 0 Å². The summed E-state index contributed by atoms with van der Waals surface area (Å²) >= 11 is 0. The van der Waals surface area contributed by atoms with Gasteiger partial charge in [-0.2, -0.15) is 0 Å². The van der Waals surface area contributed by atoms with Crippen LogP contribution in [0.1, 0.15) is 52.9 Å². The monoisotopic (exact) mass is 238 g/mol. The Labute approximate surface area is 107 Å². The zero-order chi connectivity index (χ0) is 12.3. The topological polar surface area (TPSA) is 15.3 Å². The molecular weight excluding hydrogens is 208 g/mol. The molecule has 2 heteroatoms. The quantitative estimate of drug-likeness (QED) is 0.792. The molecule has 1 aliphatic carbocycles. The molecule has 0 bridgehead atoms. The molecule has 0 amide bonds. The van der Waals surface area contributed by atoms with Gasteiger partial charge in [0.1, 0.15) is 0 Å². The molecule has 1 N–H and O–H groups in total. The Morgan fingerprint density at radius 1 is 1.24 bits per heavy atom. The second-order valence-corrected chi connectivity index (χ2v) is 6.06. The van der Waals surface area contributed by atoms with E-state index in [1.807, 2.05) is 0 Å². The van der Waals surface area contributed by atoms with Gasteiger partial charge in [-0.25, -0.2) is 0 Å². The van der Waals surface area contributed by atoms with Gasteiger partial charge in [-0.3, -0.25) is 4.90 Å². The third-order valence-electron chi connectivity index (χ3n) is 4.96. The highest BCUT2D eigenvalue weighted by Gasteiger charge is 2.34. The molecule has 0 aromatic rings. The maximum atomic E-state index is 3.76. The lowest BCUT2D eigenvalue weighted by molar-refractivity contribution is 0.142. The molecule has 1 saturated carbocycles. The first-order valence-electron chi connectivity index (χ1n) is 7.73. The van der Waals surface area contributed by atoms with E-state index in [-0.39, 0.29) is 0 Å². The molecule has 0 aromatic carbocycles. The summed E-state index contributed by atoms with van der Waals surface area (Å²) in [6.07, 6.45) is 6.91. The SMILES string of the molecule is CCC(CC)C(C)N1CCCNC(C2CC2)C1. The van der Waals surface area contributed by atoms with Crippen molar-refractivity contribution in [3.05, 3.63) is 0 Å². The van der Waals surface area contributed by atoms with Crippen molar-refractivity contribution < 1.29 is 0 Å². The van der Waals surface area contributed by atoms with E-state index >= 15 is 0 Å². The molecule has 0 radical (unpaired) electrons. The van der Waals surface area contributed by atoms with Crippen LogP contribution in [0.5, 0.6) is 0 Å². The highest BCUT2D eigenvalue weighted by molar-refractivity contribution is 4.91. The van der Waals surface area contributed by atoms with Crippen LogP contribution in [0.4, 0.5) is 0 Å². The van der Waals surface area contributed by atoms with Crippen LogP contribution >= 0.6 is 0 Å². The highest BCUT2D eigenvalue weighted by atomic mass is 15.2. The van der Waals surface area contributed by atoms with Crippen LogP contribution < -0.4 is 5.32 Å². The van der Waals surface area contributed by atoms with Crippen molar-refractivity contribution in [2.45, 2.75) is 65.0 Å². The smallest absolute Gasteiger partial charge is 0.0223 e. The Balaban J connectivity index is 1.92. The number of nitrogens with zero attached hydrogens (tertiary/aromatic N) is 1. The van der Waals surface area contributed by atoms with Crippen molar-refractivity contribution in [2.24, 2.45) is 11.8 Å². The van der Waals surface area contributed by atoms with Gasteiger partial charge in [-0.1, -0.05) is 26.7 Å². The Bertz CT molecular complexity index is 221. The van der Waals surface area contributed by atoms with E-state index in [1.165, 1.54) is 51.7 Å². The van der Waals surface area contributed by atoms with E-state index in [2.05, 4.69) is 31.0 Å². The van der Waals surface area contributed by atoms with Gasteiger partial charge in [0.2, 0.25) is 0 Å². The first-order valence-corrected chi connectivity index (χ1v) is 7.73. The summed E-state index contributed by atoms with van der Waals surface area (Å²) < 4.78 is 0. The van der Waals surface area contributed by atoms with Crippen molar-refractivity contribution >= 4 is 0 Å². The van der Waals surface area contributed by atoms with Crippen LogP contribution in [-0.4, -0.2) is 36.6 Å². The minimum absolute atomic E-state index is 0.770. The zero-order valence-electron chi connectivity index (χ0n) is 11.9. The Morgan fingerprint density at radius 3 is 2.53 bits per heavy atom. The van der Waals surface area contributed by atoms with Gasteiger partial charge >= 0.3 is 0 Å². The third kappa shape index (κ3) is 3.45. The third-order valence-corrected chi connectivity index (χ3v) is 4.96. The first-order chi connectivity index (χ1) is 8.26. The molecule has 2 nitrogen and oxygen atoms in total. The Morgan fingerprint density at radius 2 is 1.94 bits per heavy atom. The van der Waals surface area contributed by atoms with E-state index in [1.54, 1.807) is 0 Å². The van der Waals surface area contributed by atoms with Gasteiger partial charge < -0.3 is 5.32 Å². The molecule has 17 heavy (non-hydrogen) atoms. The molecule has 2 fully saturated rings. The molecule has 0 aromatic heterocycles. The lowest BCUT2D eigenvalue weighted by Crippen LogP contribution is -2.45. The first kappa shape index (κ1) is 13.4. The van der Waals surface area contributed by atoms with Gasteiger partial charge in [0.05, 0.1) is 0 Å². The van der Waals surface area contributed by atoms with Gasteiger partial charge in [0.25, 0.3) is 0 Å². The normalized spacial score (nSPS) is 29.3. The van der Waals surface area contributed by atoms with Gasteiger partial charge in [0.15, 0.2) is 0 Å². The predicted molar refractivity (Wildman–Crippen MR) is 74.2 cm³/mol. The number of hydrogen-bond acceptors (Lipinski definition) is 2. The number of nitrogens with one attached hydrogen (secondary N) is 1. The summed E-state index contributed by atoms with van der Waals surface area (Å²) in [5, 5.41) is 3.76. The fourth-order valence-electron chi connectivity index (χ4n) is 3.43. The molecule has 1 heterocycles. The average molecular weight is 238 g/mol. The molecule has 100 valence electrons. The molecule has 0 spiro atoms. The average Bonchev–Trinajstić information content (AvgIpc) is 3.16. The van der Waals surface area contributed by atoms with E-state index in [0.29, 0.717) is 0 Å². The molecular formula is C15H30N2. The standard InChI is InChI=1S/C15H30N2/c1-4-13(5-2)12(3)17-10-6-9-16-15(11-17)14-7-8-14/h12-16H,4-11H2,1-3H3. The molecule has 2 rings (SSSR count). The van der Waals surface area contributed by atoms with Crippen molar-refractivity contribution in [2.75, 3.05) is 19.6 Å². The van der Waals surface area contributed by atoms with Crippen LogP contribution in [0.2, 0.25) is 0 Å². The van der Waals surface area contributed by atoms with Crippen LogP contribution in [0.25, 0.3) is 0 Å². The fraction of sp³-hybridized carbons (Fsp3) is 1.00. The lowest BCUT2D eigenvalue weighted by Gasteiger charge is -2.35. The van der Waals surface area contributed by atoms with Crippen LogP contribution in [0, 0.1) is 11.8 Å². The van der Waals surface area contributed by atoms with Crippen molar-refractivity contribution in [3.8, 4) is 0 Å². The van der Waals surface area contributed by atoms with Crippen molar-refractivity contribution in [3.63, 3.8) is 0 Å². The summed E-state index contributed by atoms with van der Waals surface area (Å²) in [5.74, 6) is 1.87. The second-order valence-electron chi connectivity index (χ2n) is 6.06. The summed E-state index contributed by atoms with van der Waals surface area (Å²) in [4.78, 5) is 2.76. The summed E-state index contributed by atoms with van der Waals surface area (Å²) in [6, 6.07) is 1.56. The largest absolute Gasteiger partial charge is 0.312 e. The molecule has 2 unspecified atom stereocenters. The maximum absolute atomic E-state index is 3.76. The lowest BCUT2D eigenvalue weighted by atomic mass is 9.93. The fourth-order valence-corrected chi connectivity index (χ4v) is 3.43. The van der Waals surface area contributed by atoms with E-state index in [0.717, 1.165) is 23.9 Å². The Kier molecular flexibility index (Phi) is 4.87. The number of hydrogen-bond donors (Lipinski definition) is 1. The number of rotatable bonds is 5.